The monoisotopic (exact) mass is 176 g/mol. The molecule has 0 spiro atoms. The van der Waals surface area contributed by atoms with Crippen LogP contribution in [0.15, 0.2) is 12.1 Å². The van der Waals surface area contributed by atoms with Crippen LogP contribution >= 0.6 is 0 Å². The van der Waals surface area contributed by atoms with E-state index in [0.29, 0.717) is 30.6 Å². The number of pyridine rings is 1. The van der Waals surface area contributed by atoms with E-state index in [1.807, 2.05) is 6.07 Å². The number of aromatic nitrogens is 1. The molecule has 66 valence electrons. The van der Waals surface area contributed by atoms with Gasteiger partial charge in [0.15, 0.2) is 6.29 Å². The molecule has 0 fully saturated rings. The number of nitrogens with zero attached hydrogens (tertiary/aromatic N) is 1. The zero-order valence-electron chi connectivity index (χ0n) is 6.91. The standard InChI is InChI=1S/C9H8N2O2/c12-5-7-3-1-6-2-4-8(13)11-9(6)10-7/h1,3,5H,2,4H2,(H,10,11,13). The van der Waals surface area contributed by atoms with Gasteiger partial charge in [-0.05, 0) is 18.1 Å². The van der Waals surface area contributed by atoms with Gasteiger partial charge in [0.2, 0.25) is 5.91 Å². The van der Waals surface area contributed by atoms with E-state index in [1.54, 1.807) is 6.07 Å². The third kappa shape index (κ3) is 1.42. The van der Waals surface area contributed by atoms with Crippen molar-refractivity contribution in [3.05, 3.63) is 23.4 Å². The van der Waals surface area contributed by atoms with Crippen LogP contribution in [-0.2, 0) is 11.2 Å². The van der Waals surface area contributed by atoms with Crippen LogP contribution in [0.3, 0.4) is 0 Å². The van der Waals surface area contributed by atoms with Crippen molar-refractivity contribution in [2.75, 3.05) is 5.32 Å². The average Bonchev–Trinajstić information content (AvgIpc) is 2.16. The highest BCUT2D eigenvalue weighted by Crippen LogP contribution is 2.19. The Kier molecular flexibility index (Phi) is 1.81. The number of fused-ring (bicyclic) bond motifs is 1. The minimum Gasteiger partial charge on any atom is -0.310 e. The Labute approximate surface area is 75.0 Å². The van der Waals surface area contributed by atoms with Crippen molar-refractivity contribution in [2.24, 2.45) is 0 Å². The van der Waals surface area contributed by atoms with E-state index in [9.17, 15) is 9.59 Å². The zero-order valence-corrected chi connectivity index (χ0v) is 6.91. The third-order valence-corrected chi connectivity index (χ3v) is 2.00. The molecule has 1 aliphatic heterocycles. The molecule has 13 heavy (non-hydrogen) atoms. The van der Waals surface area contributed by atoms with Gasteiger partial charge in [-0.1, -0.05) is 6.07 Å². The average molecular weight is 176 g/mol. The summed E-state index contributed by atoms with van der Waals surface area (Å²) < 4.78 is 0. The molecule has 0 radical (unpaired) electrons. The Hall–Kier alpha value is -1.71. The fraction of sp³-hybridized carbons (Fsp3) is 0.222. The maximum atomic E-state index is 11.0. The highest BCUT2D eigenvalue weighted by molar-refractivity contribution is 5.93. The van der Waals surface area contributed by atoms with Crippen molar-refractivity contribution in [1.29, 1.82) is 0 Å². The highest BCUT2D eigenvalue weighted by atomic mass is 16.1. The Bertz CT molecular complexity index is 374. The quantitative estimate of drug-likeness (QED) is 0.643. The van der Waals surface area contributed by atoms with Gasteiger partial charge in [0.1, 0.15) is 11.5 Å². The predicted molar refractivity (Wildman–Crippen MR) is 46.6 cm³/mol. The molecule has 0 aromatic carbocycles. The molecule has 0 atom stereocenters. The van der Waals surface area contributed by atoms with Gasteiger partial charge >= 0.3 is 0 Å². The number of carbonyl (C=O) groups excluding carboxylic acids is 2. The van der Waals surface area contributed by atoms with E-state index in [1.165, 1.54) is 0 Å². The Morgan fingerprint density at radius 3 is 3.00 bits per heavy atom. The summed E-state index contributed by atoms with van der Waals surface area (Å²) in [6, 6.07) is 3.48. The first kappa shape index (κ1) is 7.91. The molecular weight excluding hydrogens is 168 g/mol. The second-order valence-electron chi connectivity index (χ2n) is 2.91. The second kappa shape index (κ2) is 2.97. The van der Waals surface area contributed by atoms with Crippen molar-refractivity contribution in [3.63, 3.8) is 0 Å². The molecule has 0 saturated carbocycles. The van der Waals surface area contributed by atoms with E-state index in [4.69, 9.17) is 0 Å². The normalized spacial score (nSPS) is 14.6. The van der Waals surface area contributed by atoms with E-state index in [0.717, 1.165) is 5.56 Å². The fourth-order valence-corrected chi connectivity index (χ4v) is 1.32. The number of aldehydes is 1. The SMILES string of the molecule is O=Cc1ccc2c(n1)NC(=O)CC2. The van der Waals surface area contributed by atoms with Gasteiger partial charge < -0.3 is 5.32 Å². The fourth-order valence-electron chi connectivity index (χ4n) is 1.32. The number of nitrogens with one attached hydrogen (secondary N) is 1. The molecule has 0 unspecified atom stereocenters. The molecule has 0 saturated heterocycles. The van der Waals surface area contributed by atoms with Crippen molar-refractivity contribution < 1.29 is 9.59 Å². The first-order valence-electron chi connectivity index (χ1n) is 4.04. The molecule has 1 aromatic rings. The number of hydrogen-bond acceptors (Lipinski definition) is 3. The summed E-state index contributed by atoms with van der Waals surface area (Å²) in [5, 5.41) is 2.63. The van der Waals surface area contributed by atoms with Crippen LogP contribution in [0.25, 0.3) is 0 Å². The molecular formula is C9H8N2O2. The van der Waals surface area contributed by atoms with Crippen molar-refractivity contribution in [2.45, 2.75) is 12.8 Å². The van der Waals surface area contributed by atoms with Crippen LogP contribution in [0.5, 0.6) is 0 Å². The molecule has 1 aliphatic rings. The van der Waals surface area contributed by atoms with E-state index < -0.39 is 0 Å². The van der Waals surface area contributed by atoms with Crippen LogP contribution in [0.1, 0.15) is 22.5 Å². The summed E-state index contributed by atoms with van der Waals surface area (Å²) in [5.41, 5.74) is 1.34. The number of amides is 1. The van der Waals surface area contributed by atoms with E-state index >= 15 is 0 Å². The molecule has 4 nitrogen and oxygen atoms in total. The lowest BCUT2D eigenvalue weighted by molar-refractivity contribution is -0.116. The summed E-state index contributed by atoms with van der Waals surface area (Å²) in [6.07, 6.45) is 1.86. The molecule has 4 heteroatoms. The van der Waals surface area contributed by atoms with Crippen LogP contribution in [0, 0.1) is 0 Å². The zero-order chi connectivity index (χ0) is 9.26. The summed E-state index contributed by atoms with van der Waals surface area (Å²) in [5.74, 6) is 0.490. The molecule has 2 rings (SSSR count). The summed E-state index contributed by atoms with van der Waals surface area (Å²) in [4.78, 5) is 25.4. The minimum absolute atomic E-state index is 0.0388. The molecule has 0 aliphatic carbocycles. The summed E-state index contributed by atoms with van der Waals surface area (Å²) >= 11 is 0. The van der Waals surface area contributed by atoms with Crippen molar-refractivity contribution in [3.8, 4) is 0 Å². The van der Waals surface area contributed by atoms with Gasteiger partial charge in [0.05, 0.1) is 0 Å². The number of rotatable bonds is 1. The Morgan fingerprint density at radius 2 is 2.23 bits per heavy atom. The van der Waals surface area contributed by atoms with Gasteiger partial charge in [-0.25, -0.2) is 4.98 Å². The first-order chi connectivity index (χ1) is 6.29. The van der Waals surface area contributed by atoms with Crippen LogP contribution in [0.2, 0.25) is 0 Å². The molecule has 1 amide bonds. The lowest BCUT2D eigenvalue weighted by atomic mass is 10.1. The number of hydrogen-bond donors (Lipinski definition) is 1. The van der Waals surface area contributed by atoms with Crippen LogP contribution < -0.4 is 5.32 Å². The molecule has 0 bridgehead atoms. The first-order valence-corrected chi connectivity index (χ1v) is 4.04. The lowest BCUT2D eigenvalue weighted by Crippen LogP contribution is -2.20. The van der Waals surface area contributed by atoms with Crippen molar-refractivity contribution in [1.82, 2.24) is 4.98 Å². The van der Waals surface area contributed by atoms with E-state index in [2.05, 4.69) is 10.3 Å². The van der Waals surface area contributed by atoms with Gasteiger partial charge in [-0.3, -0.25) is 9.59 Å². The molecule has 1 N–H and O–H groups in total. The molecule has 2 heterocycles. The number of carbonyl (C=O) groups is 2. The predicted octanol–water partition coefficient (Wildman–Crippen LogP) is 0.779. The number of anilines is 1. The van der Waals surface area contributed by atoms with Gasteiger partial charge in [0.25, 0.3) is 0 Å². The summed E-state index contributed by atoms with van der Waals surface area (Å²) in [7, 11) is 0. The second-order valence-corrected chi connectivity index (χ2v) is 2.91. The van der Waals surface area contributed by atoms with Crippen LogP contribution in [-0.4, -0.2) is 17.2 Å². The number of aryl methyl sites for hydroxylation is 1. The van der Waals surface area contributed by atoms with Gasteiger partial charge in [0, 0.05) is 6.42 Å². The van der Waals surface area contributed by atoms with Gasteiger partial charge in [-0.2, -0.15) is 0 Å². The van der Waals surface area contributed by atoms with Gasteiger partial charge in [-0.15, -0.1) is 0 Å². The smallest absolute Gasteiger partial charge is 0.225 e. The summed E-state index contributed by atoms with van der Waals surface area (Å²) in [6.45, 7) is 0. The largest absolute Gasteiger partial charge is 0.310 e. The van der Waals surface area contributed by atoms with Crippen LogP contribution in [0.4, 0.5) is 5.82 Å². The topological polar surface area (TPSA) is 59.1 Å². The molecule has 1 aromatic heterocycles. The maximum absolute atomic E-state index is 11.0. The highest BCUT2D eigenvalue weighted by Gasteiger charge is 2.15. The van der Waals surface area contributed by atoms with E-state index in [-0.39, 0.29) is 5.91 Å². The lowest BCUT2D eigenvalue weighted by Gasteiger charge is -2.14. The van der Waals surface area contributed by atoms with Crippen molar-refractivity contribution >= 4 is 18.0 Å². The Morgan fingerprint density at radius 1 is 1.38 bits per heavy atom. The Balaban J connectivity index is 2.43. The minimum atomic E-state index is -0.0388. The maximum Gasteiger partial charge on any atom is 0.225 e. The third-order valence-electron chi connectivity index (χ3n) is 2.00.